The van der Waals surface area contributed by atoms with Crippen LogP contribution in [0.5, 0.6) is 17.2 Å². The van der Waals surface area contributed by atoms with Crippen LogP contribution in [0.25, 0.3) is 0 Å². The van der Waals surface area contributed by atoms with Crippen molar-refractivity contribution in [3.8, 4) is 17.2 Å². The van der Waals surface area contributed by atoms with Crippen molar-refractivity contribution in [1.29, 1.82) is 0 Å². The molecule has 0 heterocycles. The van der Waals surface area contributed by atoms with Gasteiger partial charge >= 0.3 is 5.69 Å². The number of carbonyl (C=O) groups excluding carboxylic acids is 1. The van der Waals surface area contributed by atoms with Crippen LogP contribution in [0.15, 0.2) is 36.4 Å². The van der Waals surface area contributed by atoms with Gasteiger partial charge in [0.15, 0.2) is 17.2 Å². The van der Waals surface area contributed by atoms with Gasteiger partial charge in [-0.25, -0.2) is 0 Å². The van der Waals surface area contributed by atoms with Gasteiger partial charge in [0.25, 0.3) is 0 Å². The lowest BCUT2D eigenvalue weighted by Crippen LogP contribution is -2.39. The van der Waals surface area contributed by atoms with Gasteiger partial charge in [-0.2, -0.15) is 0 Å². The average Bonchev–Trinajstić information content (AvgIpc) is 3.27. The highest BCUT2D eigenvalue weighted by Crippen LogP contribution is 2.43. The molecule has 2 aromatic carbocycles. The topological polar surface area (TPSA) is 99.9 Å². The summed E-state index contributed by atoms with van der Waals surface area (Å²) in [5.74, 6) is 1.34. The fraction of sp³-hybridized carbons (Fsp3) is 0.435. The number of nitro benzene ring substituents is 1. The number of nitro groups is 1. The third-order valence-corrected chi connectivity index (χ3v) is 5.99. The normalized spacial score (nSPS) is 14.7. The first-order valence-corrected chi connectivity index (χ1v) is 10.2. The van der Waals surface area contributed by atoms with Gasteiger partial charge in [0.2, 0.25) is 5.91 Å². The SMILES string of the molecule is COc1ccc(C2(CNC(=O)Cc3ccc(OC)c([N+](=O)[O-])c3)CCCC2)cc1OC. The Hall–Kier alpha value is -3.29. The van der Waals surface area contributed by atoms with Gasteiger partial charge < -0.3 is 19.5 Å². The lowest BCUT2D eigenvalue weighted by molar-refractivity contribution is -0.385. The Morgan fingerprint density at radius 1 is 1.00 bits per heavy atom. The molecule has 0 aliphatic heterocycles. The van der Waals surface area contributed by atoms with E-state index in [1.807, 2.05) is 18.2 Å². The minimum absolute atomic E-state index is 0.0623. The van der Waals surface area contributed by atoms with E-state index >= 15 is 0 Å². The Labute approximate surface area is 181 Å². The number of hydrogen-bond acceptors (Lipinski definition) is 6. The largest absolute Gasteiger partial charge is 0.493 e. The van der Waals surface area contributed by atoms with Crippen molar-refractivity contribution < 1.29 is 23.9 Å². The van der Waals surface area contributed by atoms with Crippen LogP contribution < -0.4 is 19.5 Å². The zero-order chi connectivity index (χ0) is 22.4. The number of benzene rings is 2. The maximum atomic E-state index is 12.6. The van der Waals surface area contributed by atoms with Gasteiger partial charge in [0.1, 0.15) is 0 Å². The molecule has 8 nitrogen and oxygen atoms in total. The minimum atomic E-state index is -0.509. The molecule has 0 saturated heterocycles. The van der Waals surface area contributed by atoms with E-state index in [2.05, 4.69) is 5.32 Å². The van der Waals surface area contributed by atoms with E-state index in [-0.39, 0.29) is 29.2 Å². The van der Waals surface area contributed by atoms with Gasteiger partial charge in [-0.3, -0.25) is 14.9 Å². The van der Waals surface area contributed by atoms with Gasteiger partial charge in [0.05, 0.1) is 32.7 Å². The van der Waals surface area contributed by atoms with Crippen molar-refractivity contribution in [2.45, 2.75) is 37.5 Å². The lowest BCUT2D eigenvalue weighted by atomic mass is 9.78. The van der Waals surface area contributed by atoms with E-state index in [4.69, 9.17) is 14.2 Å². The van der Waals surface area contributed by atoms with Crippen molar-refractivity contribution in [2.24, 2.45) is 0 Å². The number of amides is 1. The van der Waals surface area contributed by atoms with Crippen LogP contribution in [0.1, 0.15) is 36.8 Å². The minimum Gasteiger partial charge on any atom is -0.493 e. The van der Waals surface area contributed by atoms with Crippen LogP contribution in [0.2, 0.25) is 0 Å². The standard InChI is InChI=1S/C23H28N2O6/c1-29-19-8-6-16(12-18(19)25(27)28)13-22(26)24-15-23(10-4-5-11-23)17-7-9-20(30-2)21(14-17)31-3/h6-9,12,14H,4-5,10-11,13,15H2,1-3H3,(H,24,26). The quantitative estimate of drug-likeness (QED) is 0.482. The van der Waals surface area contributed by atoms with E-state index in [0.29, 0.717) is 23.6 Å². The molecule has 0 radical (unpaired) electrons. The summed E-state index contributed by atoms with van der Waals surface area (Å²) < 4.78 is 15.8. The highest BCUT2D eigenvalue weighted by molar-refractivity contribution is 5.79. The molecule has 0 bridgehead atoms. The molecule has 0 spiro atoms. The number of nitrogens with zero attached hydrogens (tertiary/aromatic N) is 1. The van der Waals surface area contributed by atoms with Crippen LogP contribution >= 0.6 is 0 Å². The molecule has 0 unspecified atom stereocenters. The molecule has 1 aliphatic carbocycles. The number of hydrogen-bond donors (Lipinski definition) is 1. The maximum absolute atomic E-state index is 12.6. The summed E-state index contributed by atoms with van der Waals surface area (Å²) in [5, 5.41) is 14.3. The summed E-state index contributed by atoms with van der Waals surface area (Å²) in [5.41, 5.74) is 1.37. The summed E-state index contributed by atoms with van der Waals surface area (Å²) >= 11 is 0. The molecule has 1 amide bonds. The second kappa shape index (κ2) is 9.68. The number of nitrogens with one attached hydrogen (secondary N) is 1. The second-order valence-electron chi connectivity index (χ2n) is 7.77. The smallest absolute Gasteiger partial charge is 0.311 e. The molecule has 1 N–H and O–H groups in total. The second-order valence-corrected chi connectivity index (χ2v) is 7.77. The average molecular weight is 428 g/mol. The Balaban J connectivity index is 1.73. The fourth-order valence-corrected chi connectivity index (χ4v) is 4.29. The first-order valence-electron chi connectivity index (χ1n) is 10.2. The first kappa shape index (κ1) is 22.4. The zero-order valence-corrected chi connectivity index (χ0v) is 18.1. The summed E-state index contributed by atoms with van der Waals surface area (Å²) in [4.78, 5) is 23.4. The van der Waals surface area contributed by atoms with Gasteiger partial charge in [0, 0.05) is 18.0 Å². The molecule has 1 fully saturated rings. The summed E-state index contributed by atoms with van der Waals surface area (Å²) in [6.07, 6.45) is 4.18. The molecule has 1 aliphatic rings. The van der Waals surface area contributed by atoms with Crippen molar-refractivity contribution in [3.05, 3.63) is 57.6 Å². The number of carbonyl (C=O) groups is 1. The van der Waals surface area contributed by atoms with E-state index in [0.717, 1.165) is 31.2 Å². The van der Waals surface area contributed by atoms with E-state index < -0.39 is 4.92 Å². The third kappa shape index (κ3) is 4.90. The van der Waals surface area contributed by atoms with Crippen molar-refractivity contribution in [3.63, 3.8) is 0 Å². The molecule has 1 saturated carbocycles. The fourth-order valence-electron chi connectivity index (χ4n) is 4.29. The molecule has 3 rings (SSSR count). The monoisotopic (exact) mass is 428 g/mol. The third-order valence-electron chi connectivity index (χ3n) is 5.99. The Morgan fingerprint density at radius 3 is 2.26 bits per heavy atom. The number of ether oxygens (including phenoxy) is 3. The molecular weight excluding hydrogens is 400 g/mol. The first-order chi connectivity index (χ1) is 14.9. The van der Waals surface area contributed by atoms with Crippen molar-refractivity contribution >= 4 is 11.6 Å². The van der Waals surface area contributed by atoms with Gasteiger partial charge in [-0.1, -0.05) is 25.0 Å². The van der Waals surface area contributed by atoms with Crippen LogP contribution in [0, 0.1) is 10.1 Å². The summed E-state index contributed by atoms with van der Waals surface area (Å²) in [7, 11) is 4.59. The Kier molecular flexibility index (Phi) is 6.99. The summed E-state index contributed by atoms with van der Waals surface area (Å²) in [6.45, 7) is 0.500. The lowest BCUT2D eigenvalue weighted by Gasteiger charge is -2.30. The predicted octanol–water partition coefficient (Wildman–Crippen LogP) is 3.79. The zero-order valence-electron chi connectivity index (χ0n) is 18.1. The van der Waals surface area contributed by atoms with E-state index in [9.17, 15) is 14.9 Å². The highest BCUT2D eigenvalue weighted by Gasteiger charge is 2.36. The Morgan fingerprint density at radius 2 is 1.65 bits per heavy atom. The molecular formula is C23H28N2O6. The molecule has 2 aromatic rings. The molecule has 166 valence electrons. The maximum Gasteiger partial charge on any atom is 0.311 e. The van der Waals surface area contributed by atoms with Crippen LogP contribution in [0.3, 0.4) is 0 Å². The predicted molar refractivity (Wildman–Crippen MR) is 116 cm³/mol. The Bertz CT molecular complexity index is 953. The van der Waals surface area contributed by atoms with Crippen LogP contribution in [0.4, 0.5) is 5.69 Å². The van der Waals surface area contributed by atoms with Crippen LogP contribution in [-0.4, -0.2) is 38.7 Å². The number of methoxy groups -OCH3 is 3. The number of rotatable bonds is 9. The molecule has 8 heteroatoms. The molecule has 0 aromatic heterocycles. The molecule has 31 heavy (non-hydrogen) atoms. The van der Waals surface area contributed by atoms with Crippen molar-refractivity contribution in [2.75, 3.05) is 27.9 Å². The van der Waals surface area contributed by atoms with Gasteiger partial charge in [-0.15, -0.1) is 0 Å². The van der Waals surface area contributed by atoms with Crippen molar-refractivity contribution in [1.82, 2.24) is 5.32 Å². The van der Waals surface area contributed by atoms with Gasteiger partial charge in [-0.05, 0) is 42.2 Å². The van der Waals surface area contributed by atoms with Crippen LogP contribution in [-0.2, 0) is 16.6 Å². The highest BCUT2D eigenvalue weighted by atomic mass is 16.6. The van der Waals surface area contributed by atoms with E-state index in [1.165, 1.54) is 19.2 Å². The van der Waals surface area contributed by atoms with E-state index in [1.54, 1.807) is 20.3 Å². The molecule has 0 atom stereocenters. The summed E-state index contributed by atoms with van der Waals surface area (Å²) in [6, 6.07) is 10.5.